The van der Waals surface area contributed by atoms with E-state index in [9.17, 15) is 10.2 Å². The van der Waals surface area contributed by atoms with Crippen LogP contribution in [0.4, 0.5) is 0 Å². The third-order valence-corrected chi connectivity index (χ3v) is 5.61. The molecule has 138 valence electrons. The molecule has 0 heterocycles. The Morgan fingerprint density at radius 1 is 0.577 bits per heavy atom. The number of benzene rings is 2. The summed E-state index contributed by atoms with van der Waals surface area (Å²) in [6.45, 7) is 0. The van der Waals surface area contributed by atoms with Gasteiger partial charge in [0.25, 0.3) is 0 Å². The van der Waals surface area contributed by atoms with Crippen LogP contribution in [-0.4, -0.2) is 10.2 Å². The molecule has 2 heteroatoms. The van der Waals surface area contributed by atoms with Crippen LogP contribution in [0.5, 0.6) is 11.5 Å². The molecule has 2 aromatic carbocycles. The molecule has 3 rings (SSSR count). The molecule has 26 heavy (non-hydrogen) atoms. The zero-order valence-corrected chi connectivity index (χ0v) is 15.5. The van der Waals surface area contributed by atoms with Crippen LogP contribution in [0, 0.1) is 0 Å². The molecule has 0 aliphatic heterocycles. The van der Waals surface area contributed by atoms with E-state index in [1.807, 2.05) is 24.3 Å². The predicted octanol–water partition coefficient (Wildman–Crippen LogP) is 6.46. The van der Waals surface area contributed by atoms with Gasteiger partial charge in [-0.15, -0.1) is 0 Å². The lowest BCUT2D eigenvalue weighted by Crippen LogP contribution is -2.25. The molecule has 1 aliphatic carbocycles. The van der Waals surface area contributed by atoms with E-state index in [-0.39, 0.29) is 5.41 Å². The number of hydrogen-bond acceptors (Lipinski definition) is 2. The molecule has 2 nitrogen and oxygen atoms in total. The van der Waals surface area contributed by atoms with Gasteiger partial charge in [-0.1, -0.05) is 74.9 Å². The van der Waals surface area contributed by atoms with Crippen molar-refractivity contribution in [3.05, 3.63) is 71.8 Å². The Morgan fingerprint density at radius 2 is 1.04 bits per heavy atom. The van der Waals surface area contributed by atoms with Crippen molar-refractivity contribution in [3.63, 3.8) is 0 Å². The summed E-state index contributed by atoms with van der Waals surface area (Å²) in [6.07, 6.45) is 15.9. The highest BCUT2D eigenvalue weighted by Crippen LogP contribution is 2.40. The molecule has 0 atom stereocenters. The lowest BCUT2D eigenvalue weighted by molar-refractivity contribution is 0.470. The lowest BCUT2D eigenvalue weighted by atomic mass is 9.70. The van der Waals surface area contributed by atoms with Gasteiger partial charge in [-0.2, -0.15) is 0 Å². The Bertz CT molecular complexity index is 652. The van der Waals surface area contributed by atoms with Crippen LogP contribution in [0.1, 0.15) is 68.9 Å². The van der Waals surface area contributed by atoms with Crippen molar-refractivity contribution in [1.82, 2.24) is 0 Å². The third-order valence-electron chi connectivity index (χ3n) is 5.61. The molecule has 0 saturated heterocycles. The quantitative estimate of drug-likeness (QED) is 0.610. The number of allylic oxidation sites excluding steroid dienone is 2. The van der Waals surface area contributed by atoms with Gasteiger partial charge in [-0.05, 0) is 54.7 Å². The topological polar surface area (TPSA) is 40.5 Å². The van der Waals surface area contributed by atoms with E-state index in [4.69, 9.17) is 0 Å². The highest BCUT2D eigenvalue weighted by molar-refractivity contribution is 5.47. The average Bonchev–Trinajstić information content (AvgIpc) is 2.64. The van der Waals surface area contributed by atoms with Gasteiger partial charge < -0.3 is 10.2 Å². The van der Waals surface area contributed by atoms with Gasteiger partial charge in [0, 0.05) is 5.41 Å². The van der Waals surface area contributed by atoms with E-state index in [1.54, 1.807) is 24.3 Å². The van der Waals surface area contributed by atoms with Crippen LogP contribution in [0.25, 0.3) is 0 Å². The Balaban J connectivity index is 2.04. The van der Waals surface area contributed by atoms with E-state index in [0.29, 0.717) is 11.5 Å². The molecule has 1 aliphatic rings. The summed E-state index contributed by atoms with van der Waals surface area (Å²) in [4.78, 5) is 0. The fourth-order valence-corrected chi connectivity index (χ4v) is 4.08. The number of phenolic OH excluding ortho intramolecular Hbond substituents is 2. The first-order chi connectivity index (χ1) is 12.7. The average molecular weight is 351 g/mol. The molecule has 0 aromatic heterocycles. The minimum atomic E-state index is -0.208. The second kappa shape index (κ2) is 8.93. The van der Waals surface area contributed by atoms with Gasteiger partial charge in [-0.25, -0.2) is 0 Å². The molecular formula is C24H30O2. The predicted molar refractivity (Wildman–Crippen MR) is 108 cm³/mol. The van der Waals surface area contributed by atoms with Crippen molar-refractivity contribution in [2.75, 3.05) is 0 Å². The van der Waals surface area contributed by atoms with Crippen molar-refractivity contribution in [2.24, 2.45) is 0 Å². The van der Waals surface area contributed by atoms with E-state index in [0.717, 1.165) is 12.8 Å². The summed E-state index contributed by atoms with van der Waals surface area (Å²) >= 11 is 0. The minimum absolute atomic E-state index is 0.208. The summed E-state index contributed by atoms with van der Waals surface area (Å²) in [5.41, 5.74) is 2.20. The Kier molecular flexibility index (Phi) is 6.38. The standard InChI is InChI=1S/C24H30O2/c25-22-14-10-20(11-15-22)24(21-12-16-23(26)17-13-21)18-8-6-4-2-1-3-5-7-9-19-24/h8,10-18,25-26H,1-7,9,19H2. The molecule has 0 amide bonds. The summed E-state index contributed by atoms with van der Waals surface area (Å²) in [5, 5.41) is 19.5. The first kappa shape index (κ1) is 18.6. The largest absolute Gasteiger partial charge is 0.508 e. The molecule has 2 N–H and O–H groups in total. The number of aromatic hydroxyl groups is 2. The van der Waals surface area contributed by atoms with Crippen LogP contribution >= 0.6 is 0 Å². The second-order valence-electron chi connectivity index (χ2n) is 7.48. The molecule has 0 bridgehead atoms. The maximum atomic E-state index is 9.75. The molecule has 0 fully saturated rings. The first-order valence-electron chi connectivity index (χ1n) is 9.97. The summed E-state index contributed by atoms with van der Waals surface area (Å²) < 4.78 is 0. The molecule has 0 unspecified atom stereocenters. The minimum Gasteiger partial charge on any atom is -0.508 e. The van der Waals surface area contributed by atoms with Crippen LogP contribution in [0.3, 0.4) is 0 Å². The normalized spacial score (nSPS) is 18.6. The highest BCUT2D eigenvalue weighted by Gasteiger charge is 2.31. The summed E-state index contributed by atoms with van der Waals surface area (Å²) in [7, 11) is 0. The fourth-order valence-electron chi connectivity index (χ4n) is 4.08. The number of hydrogen-bond donors (Lipinski definition) is 2. The van der Waals surface area contributed by atoms with Gasteiger partial charge >= 0.3 is 0 Å². The van der Waals surface area contributed by atoms with E-state index in [2.05, 4.69) is 12.2 Å². The monoisotopic (exact) mass is 350 g/mol. The molecule has 2 aromatic rings. The van der Waals surface area contributed by atoms with E-state index >= 15 is 0 Å². The molecular weight excluding hydrogens is 320 g/mol. The van der Waals surface area contributed by atoms with Crippen molar-refractivity contribution in [1.29, 1.82) is 0 Å². The zero-order chi connectivity index (χ0) is 18.2. The molecule has 0 saturated carbocycles. The van der Waals surface area contributed by atoms with Crippen LogP contribution in [-0.2, 0) is 5.41 Å². The van der Waals surface area contributed by atoms with Crippen molar-refractivity contribution < 1.29 is 10.2 Å². The zero-order valence-electron chi connectivity index (χ0n) is 15.5. The van der Waals surface area contributed by atoms with E-state index in [1.165, 1.54) is 56.1 Å². The second-order valence-corrected chi connectivity index (χ2v) is 7.48. The Hall–Kier alpha value is -2.22. The maximum Gasteiger partial charge on any atom is 0.115 e. The van der Waals surface area contributed by atoms with Crippen molar-refractivity contribution in [2.45, 2.75) is 63.2 Å². The van der Waals surface area contributed by atoms with Crippen molar-refractivity contribution >= 4 is 0 Å². The van der Waals surface area contributed by atoms with Gasteiger partial charge in [0.05, 0.1) is 0 Å². The lowest BCUT2D eigenvalue weighted by Gasteiger charge is -2.33. The smallest absolute Gasteiger partial charge is 0.115 e. The third kappa shape index (κ3) is 4.49. The van der Waals surface area contributed by atoms with Crippen LogP contribution < -0.4 is 0 Å². The van der Waals surface area contributed by atoms with E-state index < -0.39 is 0 Å². The first-order valence-corrected chi connectivity index (χ1v) is 9.97. The van der Waals surface area contributed by atoms with Crippen molar-refractivity contribution in [3.8, 4) is 11.5 Å². The van der Waals surface area contributed by atoms with Gasteiger partial charge in [0.1, 0.15) is 11.5 Å². The van der Waals surface area contributed by atoms with Gasteiger partial charge in [0.2, 0.25) is 0 Å². The molecule has 0 spiro atoms. The van der Waals surface area contributed by atoms with Crippen LogP contribution in [0.15, 0.2) is 60.7 Å². The number of phenols is 2. The maximum absolute atomic E-state index is 9.75. The Labute approximate surface area is 157 Å². The van der Waals surface area contributed by atoms with Gasteiger partial charge in [-0.3, -0.25) is 0 Å². The summed E-state index contributed by atoms with van der Waals surface area (Å²) in [5.74, 6) is 0.596. The summed E-state index contributed by atoms with van der Waals surface area (Å²) in [6, 6.07) is 15.3. The molecule has 0 radical (unpaired) electrons. The Morgan fingerprint density at radius 3 is 1.58 bits per heavy atom. The fraction of sp³-hybridized carbons (Fsp3) is 0.417. The highest BCUT2D eigenvalue weighted by atomic mass is 16.3. The van der Waals surface area contributed by atoms with Crippen LogP contribution in [0.2, 0.25) is 0 Å². The van der Waals surface area contributed by atoms with Gasteiger partial charge in [0.15, 0.2) is 0 Å². The SMILES string of the molecule is Oc1ccc(C2(c3ccc(O)cc3)C=CCCCCCCCCC2)cc1. The number of rotatable bonds is 2.